The Balaban J connectivity index is 1.71. The molecule has 1 spiro atoms. The van der Waals surface area contributed by atoms with Crippen LogP contribution in [0.3, 0.4) is 0 Å². The molecule has 3 rings (SSSR count). The van der Waals surface area contributed by atoms with Gasteiger partial charge in [0.25, 0.3) is 5.91 Å². The van der Waals surface area contributed by atoms with E-state index in [0.717, 1.165) is 30.4 Å². The third-order valence-electron chi connectivity index (χ3n) is 4.89. The van der Waals surface area contributed by atoms with Gasteiger partial charge >= 0.3 is 0 Å². The molecule has 0 atom stereocenters. The first-order valence-electron chi connectivity index (χ1n) is 7.30. The molecule has 1 aliphatic carbocycles. The predicted molar refractivity (Wildman–Crippen MR) is 82.4 cm³/mol. The number of piperidine rings is 1. The number of likely N-dealkylation sites (tertiary alicyclic amines) is 1. The number of nitrogens with two attached hydrogens (primary N) is 1. The number of hydrogen-bond donors (Lipinski definition) is 1. The molecule has 4 nitrogen and oxygen atoms in total. The fraction of sp³-hybridized carbons (Fsp3) is 0.600. The Kier molecular flexibility index (Phi) is 3.71. The summed E-state index contributed by atoms with van der Waals surface area (Å²) < 4.78 is 0.791. The third kappa shape index (κ3) is 2.55. The molecule has 1 aromatic heterocycles. The summed E-state index contributed by atoms with van der Waals surface area (Å²) in [5.74, 6) is 0.337. The molecule has 108 valence electrons. The summed E-state index contributed by atoms with van der Waals surface area (Å²) in [4.78, 5) is 18.5. The van der Waals surface area contributed by atoms with Gasteiger partial charge in [0.15, 0.2) is 0 Å². The zero-order valence-corrected chi connectivity index (χ0v) is 13.2. The Bertz CT molecular complexity index is 516. The van der Waals surface area contributed by atoms with Gasteiger partial charge in [0.1, 0.15) is 5.82 Å². The molecule has 5 heteroatoms. The summed E-state index contributed by atoms with van der Waals surface area (Å²) in [6.45, 7) is 1.70. The Morgan fingerprint density at radius 1 is 1.25 bits per heavy atom. The van der Waals surface area contributed by atoms with Crippen LogP contribution in [-0.4, -0.2) is 28.9 Å². The average molecular weight is 338 g/mol. The van der Waals surface area contributed by atoms with E-state index in [4.69, 9.17) is 5.73 Å². The number of carbonyl (C=O) groups excluding carboxylic acids is 1. The van der Waals surface area contributed by atoms with Crippen LogP contribution in [0.4, 0.5) is 5.82 Å². The van der Waals surface area contributed by atoms with E-state index < -0.39 is 0 Å². The third-order valence-corrected chi connectivity index (χ3v) is 5.32. The van der Waals surface area contributed by atoms with Crippen LogP contribution in [0.5, 0.6) is 0 Å². The number of amides is 1. The van der Waals surface area contributed by atoms with Crippen molar-refractivity contribution in [1.82, 2.24) is 9.88 Å². The Morgan fingerprint density at radius 3 is 2.55 bits per heavy atom. The maximum absolute atomic E-state index is 12.6. The van der Waals surface area contributed by atoms with Gasteiger partial charge in [-0.1, -0.05) is 12.8 Å². The minimum atomic E-state index is 0.0177. The molecule has 1 saturated carbocycles. The number of rotatable bonds is 1. The van der Waals surface area contributed by atoms with E-state index >= 15 is 0 Å². The normalized spacial score (nSPS) is 21.4. The number of hydrogen-bond acceptors (Lipinski definition) is 3. The van der Waals surface area contributed by atoms with Gasteiger partial charge in [-0.05, 0) is 53.1 Å². The first-order chi connectivity index (χ1) is 9.60. The second kappa shape index (κ2) is 5.35. The smallest absolute Gasteiger partial charge is 0.257 e. The van der Waals surface area contributed by atoms with E-state index in [1.807, 2.05) is 4.90 Å². The van der Waals surface area contributed by atoms with Crippen molar-refractivity contribution in [2.45, 2.75) is 38.5 Å². The first kappa shape index (κ1) is 13.9. The van der Waals surface area contributed by atoms with E-state index in [1.165, 1.54) is 25.7 Å². The second-order valence-electron chi connectivity index (χ2n) is 6.09. The number of anilines is 1. The van der Waals surface area contributed by atoms with Crippen LogP contribution in [0.15, 0.2) is 16.7 Å². The van der Waals surface area contributed by atoms with Crippen LogP contribution in [0.2, 0.25) is 0 Å². The molecule has 2 heterocycles. The van der Waals surface area contributed by atoms with Crippen molar-refractivity contribution in [3.63, 3.8) is 0 Å². The van der Waals surface area contributed by atoms with Crippen molar-refractivity contribution in [2.75, 3.05) is 18.8 Å². The monoisotopic (exact) mass is 337 g/mol. The summed E-state index contributed by atoms with van der Waals surface area (Å²) in [6.07, 6.45) is 9.30. The van der Waals surface area contributed by atoms with E-state index in [0.29, 0.717) is 16.8 Å². The van der Waals surface area contributed by atoms with E-state index in [9.17, 15) is 4.79 Å². The van der Waals surface area contributed by atoms with Crippen LogP contribution in [0.1, 0.15) is 48.9 Å². The maximum Gasteiger partial charge on any atom is 0.257 e. The summed E-state index contributed by atoms with van der Waals surface area (Å²) in [7, 11) is 0. The average Bonchev–Trinajstić information content (AvgIpc) is 2.90. The van der Waals surface area contributed by atoms with Crippen LogP contribution >= 0.6 is 15.9 Å². The highest BCUT2D eigenvalue weighted by Gasteiger charge is 2.38. The Hall–Kier alpha value is -1.10. The van der Waals surface area contributed by atoms with Gasteiger partial charge in [-0.3, -0.25) is 4.79 Å². The number of aromatic nitrogens is 1. The predicted octanol–water partition coefficient (Wildman–Crippen LogP) is 3.22. The number of halogens is 1. The number of nitrogen functional groups attached to an aromatic ring is 1. The highest BCUT2D eigenvalue weighted by Crippen LogP contribution is 2.46. The molecule has 0 unspecified atom stereocenters. The van der Waals surface area contributed by atoms with Gasteiger partial charge < -0.3 is 10.6 Å². The molecular formula is C15H20BrN3O. The molecule has 1 amide bonds. The summed E-state index contributed by atoms with van der Waals surface area (Å²) in [5.41, 5.74) is 6.87. The minimum absolute atomic E-state index is 0.0177. The van der Waals surface area contributed by atoms with Crippen LogP contribution in [0.25, 0.3) is 0 Å². The standard InChI is InChI=1S/C15H20BrN3O/c16-11-9-12(13(17)18-10-11)14(20)19-7-5-15(6-8-19)3-1-2-4-15/h9-10H,1-8H2,(H2,17,18). The molecule has 2 aliphatic rings. The molecule has 1 saturated heterocycles. The Labute approximate surface area is 127 Å². The van der Waals surface area contributed by atoms with Gasteiger partial charge in [-0.2, -0.15) is 0 Å². The Morgan fingerprint density at radius 2 is 1.90 bits per heavy atom. The van der Waals surface area contributed by atoms with Gasteiger partial charge in [0, 0.05) is 23.8 Å². The molecule has 2 N–H and O–H groups in total. The molecule has 1 aliphatic heterocycles. The molecule has 1 aromatic rings. The zero-order valence-electron chi connectivity index (χ0n) is 11.6. The van der Waals surface area contributed by atoms with Gasteiger partial charge in [-0.15, -0.1) is 0 Å². The zero-order chi connectivity index (χ0) is 14.2. The minimum Gasteiger partial charge on any atom is -0.383 e. The molecule has 20 heavy (non-hydrogen) atoms. The molecule has 0 aromatic carbocycles. The summed E-state index contributed by atoms with van der Waals surface area (Å²) >= 11 is 3.35. The highest BCUT2D eigenvalue weighted by molar-refractivity contribution is 9.10. The molecule has 2 fully saturated rings. The molecule has 0 bridgehead atoms. The summed E-state index contributed by atoms with van der Waals surface area (Å²) in [5, 5.41) is 0. The fourth-order valence-corrected chi connectivity index (χ4v) is 3.93. The number of pyridine rings is 1. The van der Waals surface area contributed by atoms with Crippen molar-refractivity contribution < 1.29 is 4.79 Å². The lowest BCUT2D eigenvalue weighted by Gasteiger charge is -2.39. The topological polar surface area (TPSA) is 59.2 Å². The van der Waals surface area contributed by atoms with Crippen LogP contribution in [0, 0.1) is 5.41 Å². The van der Waals surface area contributed by atoms with Crippen LogP contribution < -0.4 is 5.73 Å². The lowest BCUT2D eigenvalue weighted by atomic mass is 9.77. The van der Waals surface area contributed by atoms with Crippen molar-refractivity contribution in [1.29, 1.82) is 0 Å². The van der Waals surface area contributed by atoms with Crippen molar-refractivity contribution >= 4 is 27.7 Å². The lowest BCUT2D eigenvalue weighted by molar-refractivity contribution is 0.0588. The number of carbonyl (C=O) groups is 1. The maximum atomic E-state index is 12.6. The lowest BCUT2D eigenvalue weighted by Crippen LogP contribution is -2.42. The quantitative estimate of drug-likeness (QED) is 0.855. The SMILES string of the molecule is Nc1ncc(Br)cc1C(=O)N1CCC2(CCCC2)CC1. The van der Waals surface area contributed by atoms with Crippen LogP contribution in [-0.2, 0) is 0 Å². The van der Waals surface area contributed by atoms with Gasteiger partial charge in [0.05, 0.1) is 5.56 Å². The largest absolute Gasteiger partial charge is 0.383 e. The fourth-order valence-electron chi connectivity index (χ4n) is 3.60. The van der Waals surface area contributed by atoms with E-state index in [-0.39, 0.29) is 5.91 Å². The second-order valence-corrected chi connectivity index (χ2v) is 7.00. The van der Waals surface area contributed by atoms with Crippen molar-refractivity contribution in [3.05, 3.63) is 22.3 Å². The van der Waals surface area contributed by atoms with Crippen molar-refractivity contribution in [3.8, 4) is 0 Å². The molecule has 0 radical (unpaired) electrons. The summed E-state index contributed by atoms with van der Waals surface area (Å²) in [6, 6.07) is 1.77. The van der Waals surface area contributed by atoms with E-state index in [2.05, 4.69) is 20.9 Å². The highest BCUT2D eigenvalue weighted by atomic mass is 79.9. The van der Waals surface area contributed by atoms with Gasteiger partial charge in [-0.25, -0.2) is 4.98 Å². The number of nitrogens with zero attached hydrogens (tertiary/aromatic N) is 2. The van der Waals surface area contributed by atoms with E-state index in [1.54, 1.807) is 12.3 Å². The molecular weight excluding hydrogens is 318 g/mol. The first-order valence-corrected chi connectivity index (χ1v) is 8.09. The van der Waals surface area contributed by atoms with Crippen molar-refractivity contribution in [2.24, 2.45) is 5.41 Å². The van der Waals surface area contributed by atoms with Gasteiger partial charge in [0.2, 0.25) is 0 Å².